The number of ether oxygens (including phenoxy) is 1. The van der Waals surface area contributed by atoms with Crippen molar-refractivity contribution in [1.29, 1.82) is 0 Å². The summed E-state index contributed by atoms with van der Waals surface area (Å²) in [6, 6.07) is 0. The normalized spacial score (nSPS) is 43.8. The van der Waals surface area contributed by atoms with Crippen LogP contribution >= 0.6 is 0 Å². The van der Waals surface area contributed by atoms with Crippen molar-refractivity contribution in [2.24, 2.45) is 22.4 Å². The lowest BCUT2D eigenvalue weighted by Crippen LogP contribution is -2.59. The molecule has 6 heteroatoms. The van der Waals surface area contributed by atoms with Crippen molar-refractivity contribution in [2.45, 2.75) is 83.0 Å². The maximum Gasteiger partial charge on any atom is 0.417 e. The fourth-order valence-corrected chi connectivity index (χ4v) is 6.38. The van der Waals surface area contributed by atoms with Crippen LogP contribution in [0.2, 0.25) is 0 Å². The minimum atomic E-state index is -0.503. The van der Waals surface area contributed by atoms with Gasteiger partial charge in [0, 0.05) is 5.92 Å². The quantitative estimate of drug-likeness (QED) is 0.731. The van der Waals surface area contributed by atoms with Crippen molar-refractivity contribution in [3.8, 4) is 0 Å². The molecule has 5 atom stereocenters. The number of carbonyl (C=O) groups is 2. The molecule has 4 fully saturated rings. The Balaban J connectivity index is 1.50. The molecule has 3 saturated carbocycles. The summed E-state index contributed by atoms with van der Waals surface area (Å²) in [5, 5.41) is 4.16. The van der Waals surface area contributed by atoms with Crippen molar-refractivity contribution in [2.75, 3.05) is 0 Å². The third-order valence-corrected chi connectivity index (χ3v) is 7.88. The van der Waals surface area contributed by atoms with E-state index in [4.69, 9.17) is 9.57 Å². The largest absolute Gasteiger partial charge is 0.443 e. The summed E-state index contributed by atoms with van der Waals surface area (Å²) in [6.45, 7) is 4.38. The van der Waals surface area contributed by atoms with Crippen molar-refractivity contribution in [3.05, 3.63) is 0 Å². The Morgan fingerprint density at radius 1 is 1.20 bits per heavy atom. The highest BCUT2D eigenvalue weighted by atomic mass is 16.6. The van der Waals surface area contributed by atoms with Gasteiger partial charge in [-0.2, -0.15) is 0 Å². The number of oxime groups is 1. The van der Waals surface area contributed by atoms with E-state index in [0.29, 0.717) is 11.6 Å². The van der Waals surface area contributed by atoms with Crippen molar-refractivity contribution >= 4 is 17.7 Å². The lowest BCUT2D eigenvalue weighted by Gasteiger charge is -2.41. The Bertz CT molecular complexity index is 672. The van der Waals surface area contributed by atoms with Crippen LogP contribution < -0.4 is 0 Å². The van der Waals surface area contributed by atoms with Gasteiger partial charge in [-0.3, -0.25) is 4.79 Å². The molecule has 25 heavy (non-hydrogen) atoms. The summed E-state index contributed by atoms with van der Waals surface area (Å²) in [6.07, 6.45) is 7.36. The maximum atomic E-state index is 13.5. The molecule has 2 bridgehead atoms. The van der Waals surface area contributed by atoms with Crippen LogP contribution in [0.1, 0.15) is 65.2 Å². The van der Waals surface area contributed by atoms with Gasteiger partial charge in [0.15, 0.2) is 5.71 Å². The zero-order valence-electron chi connectivity index (χ0n) is 15.0. The third kappa shape index (κ3) is 1.78. The standard InChI is InChI=1S/C19H26N2O4/c1-18(2)11-8-9-19(18)14(10-11)24-17(23)21(19)16(22)15-12-6-4-3-5-7-13(12)25-20-15/h11-14H,3-10H2,1-2H3/t11-,12+,13-,14-,19+/m1/s1. The van der Waals surface area contributed by atoms with Crippen LogP contribution in [0.5, 0.6) is 0 Å². The number of nitrogens with zero attached hydrogens (tertiary/aromatic N) is 2. The molecule has 0 aromatic rings. The minimum Gasteiger partial charge on any atom is -0.443 e. The topological polar surface area (TPSA) is 68.2 Å². The molecular formula is C19H26N2O4. The number of fused-ring (bicyclic) bond motifs is 2. The third-order valence-electron chi connectivity index (χ3n) is 7.88. The predicted octanol–water partition coefficient (Wildman–Crippen LogP) is 3.25. The van der Waals surface area contributed by atoms with Gasteiger partial charge in [-0.25, -0.2) is 9.69 Å². The molecule has 2 heterocycles. The molecule has 2 aliphatic heterocycles. The van der Waals surface area contributed by atoms with Crippen LogP contribution in [-0.4, -0.2) is 40.4 Å². The molecular weight excluding hydrogens is 320 g/mol. The first-order valence-corrected chi connectivity index (χ1v) is 9.75. The molecule has 0 aromatic carbocycles. The van der Waals surface area contributed by atoms with E-state index < -0.39 is 11.6 Å². The average Bonchev–Trinajstić information content (AvgIpc) is 3.18. The molecule has 0 N–H and O–H groups in total. The van der Waals surface area contributed by atoms with E-state index >= 15 is 0 Å². The van der Waals surface area contributed by atoms with Gasteiger partial charge in [-0.1, -0.05) is 31.8 Å². The van der Waals surface area contributed by atoms with Crippen LogP contribution in [-0.2, 0) is 14.4 Å². The van der Waals surface area contributed by atoms with E-state index in [1.54, 1.807) is 0 Å². The van der Waals surface area contributed by atoms with E-state index in [1.165, 1.54) is 11.3 Å². The fourth-order valence-electron chi connectivity index (χ4n) is 6.38. The lowest BCUT2D eigenvalue weighted by atomic mass is 9.74. The van der Waals surface area contributed by atoms with Crippen LogP contribution in [0.3, 0.4) is 0 Å². The number of hydrogen-bond donors (Lipinski definition) is 0. The summed E-state index contributed by atoms with van der Waals surface area (Å²) >= 11 is 0. The number of hydrogen-bond acceptors (Lipinski definition) is 5. The second-order valence-electron chi connectivity index (χ2n) is 9.00. The van der Waals surface area contributed by atoms with E-state index in [1.807, 2.05) is 0 Å². The fraction of sp³-hybridized carbons (Fsp3) is 0.842. The second kappa shape index (κ2) is 4.98. The number of rotatable bonds is 1. The van der Waals surface area contributed by atoms with Gasteiger partial charge >= 0.3 is 6.09 Å². The predicted molar refractivity (Wildman–Crippen MR) is 89.9 cm³/mol. The molecule has 0 aromatic heterocycles. The van der Waals surface area contributed by atoms with E-state index in [0.717, 1.165) is 44.9 Å². The summed E-state index contributed by atoms with van der Waals surface area (Å²) in [7, 11) is 0. The van der Waals surface area contributed by atoms with Gasteiger partial charge in [-0.05, 0) is 49.9 Å². The SMILES string of the molecule is CC1(C)[C@@H]2CC[C@]13[C@@H](C2)OC(=O)N3C(=O)C1=NO[C@@H]2CCCCC[C@H]12. The summed E-state index contributed by atoms with van der Waals surface area (Å²) in [5.74, 6) is 0.269. The molecule has 1 saturated heterocycles. The summed E-state index contributed by atoms with van der Waals surface area (Å²) < 4.78 is 5.67. The zero-order valence-corrected chi connectivity index (χ0v) is 15.0. The van der Waals surface area contributed by atoms with Crippen LogP contribution in [0.4, 0.5) is 4.79 Å². The van der Waals surface area contributed by atoms with E-state index in [2.05, 4.69) is 19.0 Å². The van der Waals surface area contributed by atoms with Crippen molar-refractivity contribution < 1.29 is 19.2 Å². The first kappa shape index (κ1) is 15.6. The Morgan fingerprint density at radius 2 is 2.00 bits per heavy atom. The number of carbonyl (C=O) groups excluding carboxylic acids is 2. The molecule has 2 amide bonds. The van der Waals surface area contributed by atoms with Gasteiger partial charge in [0.25, 0.3) is 5.91 Å². The van der Waals surface area contributed by atoms with Gasteiger partial charge in [0.05, 0.1) is 5.54 Å². The van der Waals surface area contributed by atoms with E-state index in [9.17, 15) is 9.59 Å². The first-order valence-electron chi connectivity index (χ1n) is 9.75. The highest BCUT2D eigenvalue weighted by molar-refractivity contribution is 6.42. The molecule has 0 radical (unpaired) electrons. The average molecular weight is 346 g/mol. The van der Waals surface area contributed by atoms with Crippen LogP contribution in [0, 0.1) is 17.3 Å². The van der Waals surface area contributed by atoms with E-state index in [-0.39, 0.29) is 29.4 Å². The van der Waals surface area contributed by atoms with Gasteiger partial charge < -0.3 is 9.57 Å². The smallest absolute Gasteiger partial charge is 0.417 e. The molecule has 5 aliphatic rings. The Morgan fingerprint density at radius 3 is 2.80 bits per heavy atom. The first-order chi connectivity index (χ1) is 12.0. The number of amides is 2. The molecule has 5 rings (SSSR count). The molecule has 1 spiro atoms. The monoisotopic (exact) mass is 346 g/mol. The van der Waals surface area contributed by atoms with Gasteiger partial charge in [0.2, 0.25) is 0 Å². The van der Waals surface area contributed by atoms with Crippen molar-refractivity contribution in [3.63, 3.8) is 0 Å². The van der Waals surface area contributed by atoms with Gasteiger partial charge in [-0.15, -0.1) is 0 Å². The highest BCUT2D eigenvalue weighted by Gasteiger charge is 2.74. The second-order valence-corrected chi connectivity index (χ2v) is 9.00. The summed E-state index contributed by atoms with van der Waals surface area (Å²) in [4.78, 5) is 33.2. The highest BCUT2D eigenvalue weighted by Crippen LogP contribution is 2.66. The Labute approximate surface area is 147 Å². The maximum absolute atomic E-state index is 13.5. The molecule has 3 aliphatic carbocycles. The Kier molecular flexibility index (Phi) is 3.12. The molecule has 136 valence electrons. The molecule has 0 unspecified atom stereocenters. The van der Waals surface area contributed by atoms with Gasteiger partial charge in [0.1, 0.15) is 12.2 Å². The summed E-state index contributed by atoms with van der Waals surface area (Å²) in [5.41, 5.74) is -0.162. The van der Waals surface area contributed by atoms with Crippen molar-refractivity contribution in [1.82, 2.24) is 4.90 Å². The Hall–Kier alpha value is -1.59. The van der Waals surface area contributed by atoms with Crippen LogP contribution in [0.25, 0.3) is 0 Å². The number of imide groups is 1. The molecule has 6 nitrogen and oxygen atoms in total. The minimum absolute atomic E-state index is 0.00119. The lowest BCUT2D eigenvalue weighted by molar-refractivity contribution is -0.127. The van der Waals surface area contributed by atoms with Crippen LogP contribution in [0.15, 0.2) is 5.16 Å². The zero-order chi connectivity index (χ0) is 17.4.